The highest BCUT2D eigenvalue weighted by Gasteiger charge is 2.11. The number of hydrogen-bond donors (Lipinski definition) is 0. The van der Waals surface area contributed by atoms with E-state index in [1.165, 1.54) is 0 Å². The molecule has 2 aromatic rings. The topological polar surface area (TPSA) is 63.7 Å². The maximum atomic E-state index is 9.17. The molecule has 5 heteroatoms. The van der Waals surface area contributed by atoms with Crippen LogP contribution in [0.1, 0.15) is 36.8 Å². The second-order valence-corrected chi connectivity index (χ2v) is 4.69. The van der Waals surface area contributed by atoms with Crippen LogP contribution >= 0.6 is 0 Å². The molecule has 0 N–H and O–H groups in total. The average molecular weight is 256 g/mol. The third-order valence-electron chi connectivity index (χ3n) is 2.74. The molecule has 0 bridgehead atoms. The number of nitrogens with zero attached hydrogens (tertiary/aromatic N) is 4. The van der Waals surface area contributed by atoms with E-state index >= 15 is 0 Å². The van der Waals surface area contributed by atoms with Gasteiger partial charge in [-0.3, -0.25) is 9.67 Å². The fraction of sp³-hybridized carbons (Fsp3) is 0.357. The number of hydrogen-bond acceptors (Lipinski definition) is 4. The van der Waals surface area contributed by atoms with Gasteiger partial charge in [-0.25, -0.2) is 0 Å². The van der Waals surface area contributed by atoms with Crippen LogP contribution in [-0.4, -0.2) is 14.8 Å². The Morgan fingerprint density at radius 1 is 1.37 bits per heavy atom. The van der Waals surface area contributed by atoms with Crippen LogP contribution < -0.4 is 4.74 Å². The molecule has 0 atom stereocenters. The molecule has 0 aromatic carbocycles. The van der Waals surface area contributed by atoms with E-state index in [0.717, 1.165) is 5.69 Å². The summed E-state index contributed by atoms with van der Waals surface area (Å²) in [6, 6.07) is 4.16. The lowest BCUT2D eigenvalue weighted by molar-refractivity contribution is 0.474. The van der Waals surface area contributed by atoms with E-state index < -0.39 is 0 Å². The molecule has 0 fully saturated rings. The summed E-state index contributed by atoms with van der Waals surface area (Å²) >= 11 is 0. The van der Waals surface area contributed by atoms with Gasteiger partial charge in [0.25, 0.3) is 0 Å². The molecule has 0 radical (unpaired) electrons. The van der Waals surface area contributed by atoms with Crippen LogP contribution in [-0.2, 0) is 0 Å². The van der Waals surface area contributed by atoms with Gasteiger partial charge in [-0.15, -0.1) is 0 Å². The number of rotatable bonds is 3. The van der Waals surface area contributed by atoms with Crippen molar-refractivity contribution in [1.82, 2.24) is 14.8 Å². The van der Waals surface area contributed by atoms with Crippen LogP contribution in [0.3, 0.4) is 0 Å². The van der Waals surface area contributed by atoms with Gasteiger partial charge in [0.15, 0.2) is 5.75 Å². The van der Waals surface area contributed by atoms with Crippen molar-refractivity contribution < 1.29 is 4.74 Å². The maximum Gasteiger partial charge on any atom is 0.165 e. The van der Waals surface area contributed by atoms with Crippen LogP contribution in [0.5, 0.6) is 11.5 Å². The van der Waals surface area contributed by atoms with E-state index in [1.807, 2.05) is 31.6 Å². The van der Waals surface area contributed by atoms with Gasteiger partial charge in [0.2, 0.25) is 0 Å². The summed E-state index contributed by atoms with van der Waals surface area (Å²) in [7, 11) is 0. The fourth-order valence-corrected chi connectivity index (χ4v) is 1.79. The average Bonchev–Trinajstić information content (AvgIpc) is 2.77. The lowest BCUT2D eigenvalue weighted by Crippen LogP contribution is -2.00. The summed E-state index contributed by atoms with van der Waals surface area (Å²) in [6.45, 7) is 7.75. The lowest BCUT2D eigenvalue weighted by Gasteiger charge is -2.08. The predicted octanol–water partition coefficient (Wildman–Crippen LogP) is 3.14. The molecular weight excluding hydrogens is 240 g/mol. The highest BCUT2D eigenvalue weighted by Crippen LogP contribution is 2.27. The van der Waals surface area contributed by atoms with E-state index in [1.54, 1.807) is 19.2 Å². The Hall–Kier alpha value is -2.35. The standard InChI is InChI=1S/C14H16N4O/c1-9(2)18-8-12(7-16-18)19-14-5-10(3)17-11(4)13(14)6-15/h5,7-9H,1-4H3. The van der Waals surface area contributed by atoms with Crippen LogP contribution in [0.2, 0.25) is 0 Å². The molecule has 0 amide bonds. The summed E-state index contributed by atoms with van der Waals surface area (Å²) in [5, 5.41) is 13.4. The lowest BCUT2D eigenvalue weighted by atomic mass is 10.2. The normalized spacial score (nSPS) is 10.5. The molecule has 2 heterocycles. The van der Waals surface area contributed by atoms with Crippen molar-refractivity contribution >= 4 is 0 Å². The van der Waals surface area contributed by atoms with Crippen molar-refractivity contribution in [2.45, 2.75) is 33.7 Å². The fourth-order valence-electron chi connectivity index (χ4n) is 1.79. The third kappa shape index (κ3) is 2.74. The van der Waals surface area contributed by atoms with Gasteiger partial charge in [-0.05, 0) is 27.7 Å². The van der Waals surface area contributed by atoms with Gasteiger partial charge >= 0.3 is 0 Å². The molecule has 0 spiro atoms. The molecule has 0 aliphatic heterocycles. The molecule has 0 unspecified atom stereocenters. The van der Waals surface area contributed by atoms with E-state index in [-0.39, 0.29) is 6.04 Å². The first-order valence-electron chi connectivity index (χ1n) is 6.11. The zero-order chi connectivity index (χ0) is 14.0. The minimum Gasteiger partial charge on any atom is -0.453 e. The van der Waals surface area contributed by atoms with E-state index in [0.29, 0.717) is 22.8 Å². The molecule has 0 saturated carbocycles. The summed E-state index contributed by atoms with van der Waals surface area (Å²) < 4.78 is 7.55. The largest absolute Gasteiger partial charge is 0.453 e. The first-order valence-corrected chi connectivity index (χ1v) is 6.11. The Morgan fingerprint density at radius 3 is 2.68 bits per heavy atom. The van der Waals surface area contributed by atoms with Crippen molar-refractivity contribution in [3.8, 4) is 17.6 Å². The monoisotopic (exact) mass is 256 g/mol. The summed E-state index contributed by atoms with van der Waals surface area (Å²) in [5.74, 6) is 1.14. The number of aromatic nitrogens is 3. The Morgan fingerprint density at radius 2 is 2.11 bits per heavy atom. The van der Waals surface area contributed by atoms with E-state index in [9.17, 15) is 5.26 Å². The minimum absolute atomic E-state index is 0.272. The van der Waals surface area contributed by atoms with Crippen molar-refractivity contribution in [3.05, 3.63) is 35.4 Å². The number of aryl methyl sites for hydroxylation is 2. The first kappa shape index (κ1) is 13.1. The second-order valence-electron chi connectivity index (χ2n) is 4.69. The summed E-state index contributed by atoms with van der Waals surface area (Å²) in [6.07, 6.45) is 3.46. The van der Waals surface area contributed by atoms with Crippen LogP contribution in [0.25, 0.3) is 0 Å². The minimum atomic E-state index is 0.272. The summed E-state index contributed by atoms with van der Waals surface area (Å²) in [5.41, 5.74) is 1.96. The quantitative estimate of drug-likeness (QED) is 0.846. The van der Waals surface area contributed by atoms with E-state index in [4.69, 9.17) is 4.74 Å². The van der Waals surface area contributed by atoms with Crippen LogP contribution in [0.15, 0.2) is 18.5 Å². The highest BCUT2D eigenvalue weighted by atomic mass is 16.5. The van der Waals surface area contributed by atoms with Crippen LogP contribution in [0.4, 0.5) is 0 Å². The Balaban J connectivity index is 2.35. The smallest absolute Gasteiger partial charge is 0.165 e. The number of pyridine rings is 1. The molecule has 19 heavy (non-hydrogen) atoms. The van der Waals surface area contributed by atoms with Gasteiger partial charge < -0.3 is 4.74 Å². The molecule has 0 aliphatic carbocycles. The van der Waals surface area contributed by atoms with Crippen molar-refractivity contribution in [2.24, 2.45) is 0 Å². The zero-order valence-corrected chi connectivity index (χ0v) is 11.5. The van der Waals surface area contributed by atoms with Gasteiger partial charge in [0.1, 0.15) is 17.4 Å². The number of nitriles is 1. The third-order valence-corrected chi connectivity index (χ3v) is 2.74. The van der Waals surface area contributed by atoms with Crippen molar-refractivity contribution in [3.63, 3.8) is 0 Å². The van der Waals surface area contributed by atoms with Crippen molar-refractivity contribution in [1.29, 1.82) is 5.26 Å². The molecule has 2 aromatic heterocycles. The Kier molecular flexibility index (Phi) is 3.52. The Bertz CT molecular complexity index is 637. The van der Waals surface area contributed by atoms with Gasteiger partial charge in [0, 0.05) is 17.8 Å². The first-order chi connectivity index (χ1) is 9.01. The summed E-state index contributed by atoms with van der Waals surface area (Å²) in [4.78, 5) is 4.26. The van der Waals surface area contributed by atoms with Gasteiger partial charge in [-0.1, -0.05) is 0 Å². The molecular formula is C14H16N4O. The number of ether oxygens (including phenoxy) is 1. The maximum absolute atomic E-state index is 9.17. The molecule has 5 nitrogen and oxygen atoms in total. The SMILES string of the molecule is Cc1cc(Oc2cnn(C(C)C)c2)c(C#N)c(C)n1. The van der Waals surface area contributed by atoms with Gasteiger partial charge in [0.05, 0.1) is 18.1 Å². The second kappa shape index (κ2) is 5.11. The van der Waals surface area contributed by atoms with Gasteiger partial charge in [-0.2, -0.15) is 10.4 Å². The predicted molar refractivity (Wildman–Crippen MR) is 71.1 cm³/mol. The van der Waals surface area contributed by atoms with E-state index in [2.05, 4.69) is 16.2 Å². The van der Waals surface area contributed by atoms with Crippen molar-refractivity contribution in [2.75, 3.05) is 0 Å². The highest BCUT2D eigenvalue weighted by molar-refractivity contribution is 5.48. The molecule has 0 saturated heterocycles. The van der Waals surface area contributed by atoms with Crippen LogP contribution in [0, 0.1) is 25.2 Å². The Labute approximate surface area is 112 Å². The zero-order valence-electron chi connectivity index (χ0n) is 11.5. The molecule has 98 valence electrons. The molecule has 0 aliphatic rings. The molecule has 2 rings (SSSR count).